The second-order valence-electron chi connectivity index (χ2n) is 8.30. The van der Waals surface area contributed by atoms with Crippen LogP contribution in [0.4, 0.5) is 4.79 Å². The summed E-state index contributed by atoms with van der Waals surface area (Å²) < 4.78 is 5.32. The Morgan fingerprint density at radius 1 is 1.27 bits per heavy atom. The molecule has 0 unspecified atom stereocenters. The van der Waals surface area contributed by atoms with Crippen LogP contribution in [0.25, 0.3) is 0 Å². The van der Waals surface area contributed by atoms with Crippen molar-refractivity contribution in [2.24, 2.45) is 5.92 Å². The van der Waals surface area contributed by atoms with Crippen molar-refractivity contribution < 1.29 is 24.2 Å². The number of rotatable bonds is 6. The van der Waals surface area contributed by atoms with Gasteiger partial charge in [-0.05, 0) is 42.5 Å². The van der Waals surface area contributed by atoms with Gasteiger partial charge in [0.05, 0.1) is 0 Å². The van der Waals surface area contributed by atoms with E-state index in [1.54, 1.807) is 0 Å². The molecule has 2 rings (SSSR count). The van der Waals surface area contributed by atoms with Crippen LogP contribution >= 0.6 is 0 Å². The fraction of sp³-hybridized carbons (Fsp3) is 0.579. The molecule has 0 aliphatic carbocycles. The third-order valence-electron chi connectivity index (χ3n) is 5.57. The first-order valence-electron chi connectivity index (χ1n) is 8.94. The minimum Gasteiger partial charge on any atom is -0.480 e. The van der Waals surface area contributed by atoms with Crippen molar-refractivity contribution in [1.82, 2.24) is 4.90 Å². The van der Waals surface area contributed by atoms with Gasteiger partial charge >= 0.3 is 12.1 Å². The van der Waals surface area contributed by atoms with E-state index in [1.807, 2.05) is 57.3 Å². The topological polar surface area (TPSA) is 87.1 Å². The SMILES string of the molecule is CC(C)(C[C@@H]1C[C@@H](C(=O)O)N(C(=O)OCc2ccccc2)C1)[Si](C)(C)O. The number of benzene rings is 1. The maximum absolute atomic E-state index is 12.4. The fourth-order valence-corrected chi connectivity index (χ4v) is 4.07. The van der Waals surface area contributed by atoms with Crippen LogP contribution in [0.15, 0.2) is 30.3 Å². The Bertz CT molecular complexity index is 641. The predicted octanol–water partition coefficient (Wildman–Crippen LogP) is 3.47. The third-order valence-corrected chi connectivity index (χ3v) is 9.08. The normalized spacial score (nSPS) is 20.9. The lowest BCUT2D eigenvalue weighted by Gasteiger charge is -2.37. The number of carbonyl (C=O) groups excluding carboxylic acids is 1. The van der Waals surface area contributed by atoms with E-state index < -0.39 is 26.4 Å². The number of amides is 1. The van der Waals surface area contributed by atoms with E-state index in [1.165, 1.54) is 4.90 Å². The molecule has 0 aromatic heterocycles. The van der Waals surface area contributed by atoms with Crippen molar-refractivity contribution in [2.45, 2.75) is 57.5 Å². The highest BCUT2D eigenvalue weighted by molar-refractivity contribution is 6.72. The van der Waals surface area contributed by atoms with Gasteiger partial charge in [-0.1, -0.05) is 44.2 Å². The first-order chi connectivity index (χ1) is 12.0. The van der Waals surface area contributed by atoms with Gasteiger partial charge in [-0.2, -0.15) is 0 Å². The lowest BCUT2D eigenvalue weighted by molar-refractivity contribution is -0.141. The Morgan fingerprint density at radius 2 is 1.88 bits per heavy atom. The zero-order chi connectivity index (χ0) is 19.5. The molecule has 1 amide bonds. The molecule has 0 spiro atoms. The third kappa shape index (κ3) is 4.85. The molecule has 2 N–H and O–H groups in total. The van der Waals surface area contributed by atoms with Crippen LogP contribution in [0.5, 0.6) is 0 Å². The molecule has 0 radical (unpaired) electrons. The fourth-order valence-electron chi connectivity index (χ4n) is 3.28. The molecule has 144 valence electrons. The molecule has 2 atom stereocenters. The van der Waals surface area contributed by atoms with E-state index in [2.05, 4.69) is 0 Å². The predicted molar refractivity (Wildman–Crippen MR) is 101 cm³/mol. The molecule has 1 aliphatic rings. The van der Waals surface area contributed by atoms with Crippen LogP contribution in [-0.4, -0.2) is 47.8 Å². The molecule has 1 aromatic carbocycles. The summed E-state index contributed by atoms with van der Waals surface area (Å²) in [4.78, 5) is 35.9. The second kappa shape index (κ2) is 7.80. The minimum absolute atomic E-state index is 0.0364. The van der Waals surface area contributed by atoms with Crippen molar-refractivity contribution in [2.75, 3.05) is 6.54 Å². The van der Waals surface area contributed by atoms with E-state index >= 15 is 0 Å². The highest BCUT2D eigenvalue weighted by Crippen LogP contribution is 2.44. The van der Waals surface area contributed by atoms with Gasteiger partial charge in [0.2, 0.25) is 0 Å². The number of carbonyl (C=O) groups is 2. The van der Waals surface area contributed by atoms with Crippen LogP contribution < -0.4 is 0 Å². The summed E-state index contributed by atoms with van der Waals surface area (Å²) in [5, 5.41) is 9.24. The van der Waals surface area contributed by atoms with Gasteiger partial charge in [-0.3, -0.25) is 4.90 Å². The van der Waals surface area contributed by atoms with Crippen LogP contribution in [0.1, 0.15) is 32.3 Å². The van der Waals surface area contributed by atoms with Crippen molar-refractivity contribution in [3.05, 3.63) is 35.9 Å². The summed E-state index contributed by atoms with van der Waals surface area (Å²) in [5.41, 5.74) is 0.859. The van der Waals surface area contributed by atoms with E-state index in [9.17, 15) is 19.5 Å². The van der Waals surface area contributed by atoms with Crippen molar-refractivity contribution in [3.8, 4) is 0 Å². The van der Waals surface area contributed by atoms with Gasteiger partial charge in [-0.15, -0.1) is 0 Å². The van der Waals surface area contributed by atoms with E-state index in [0.29, 0.717) is 19.4 Å². The zero-order valence-corrected chi connectivity index (χ0v) is 16.9. The molecule has 1 aliphatic heterocycles. The quantitative estimate of drug-likeness (QED) is 0.739. The Kier molecular flexibility index (Phi) is 6.13. The summed E-state index contributed by atoms with van der Waals surface area (Å²) in [7, 11) is -2.39. The number of hydrogen-bond acceptors (Lipinski definition) is 4. The lowest BCUT2D eigenvalue weighted by atomic mass is 9.94. The maximum atomic E-state index is 12.4. The van der Waals surface area contributed by atoms with Crippen LogP contribution in [0.3, 0.4) is 0 Å². The Morgan fingerprint density at radius 3 is 2.42 bits per heavy atom. The Balaban J connectivity index is 2.02. The molecule has 1 fully saturated rings. The minimum atomic E-state index is -2.39. The largest absolute Gasteiger partial charge is 0.480 e. The summed E-state index contributed by atoms with van der Waals surface area (Å²) in [6.45, 7) is 8.29. The number of hydrogen-bond donors (Lipinski definition) is 2. The number of nitrogens with zero attached hydrogens (tertiary/aromatic N) is 1. The highest BCUT2D eigenvalue weighted by atomic mass is 28.4. The number of likely N-dealkylation sites (tertiary alicyclic amines) is 1. The smallest absolute Gasteiger partial charge is 0.410 e. The van der Waals surface area contributed by atoms with Crippen LogP contribution in [0.2, 0.25) is 18.1 Å². The van der Waals surface area contributed by atoms with Crippen LogP contribution in [0, 0.1) is 5.92 Å². The molecule has 0 bridgehead atoms. The van der Waals surface area contributed by atoms with Crippen LogP contribution in [-0.2, 0) is 16.1 Å². The number of carboxylic acids is 1. The molecule has 1 aromatic rings. The van der Waals surface area contributed by atoms with E-state index in [0.717, 1.165) is 5.56 Å². The molecule has 0 saturated carbocycles. The first kappa shape index (κ1) is 20.4. The second-order valence-corrected chi connectivity index (χ2v) is 12.8. The molecule has 7 heteroatoms. The van der Waals surface area contributed by atoms with Gasteiger partial charge in [0, 0.05) is 6.54 Å². The molecular formula is C19H29NO5Si. The van der Waals surface area contributed by atoms with Crippen molar-refractivity contribution in [1.29, 1.82) is 0 Å². The molecule has 1 saturated heterocycles. The lowest BCUT2D eigenvalue weighted by Crippen LogP contribution is -2.41. The Labute approximate surface area is 155 Å². The summed E-state index contributed by atoms with van der Waals surface area (Å²) in [6, 6.07) is 8.43. The number of ether oxygens (including phenoxy) is 1. The average molecular weight is 380 g/mol. The number of carboxylic acid groups (broad SMARTS) is 1. The van der Waals surface area contributed by atoms with E-state index in [4.69, 9.17) is 4.74 Å². The van der Waals surface area contributed by atoms with Gasteiger partial charge in [0.15, 0.2) is 8.32 Å². The zero-order valence-electron chi connectivity index (χ0n) is 15.9. The first-order valence-corrected chi connectivity index (χ1v) is 11.9. The molecule has 1 heterocycles. The number of aliphatic carboxylic acids is 1. The van der Waals surface area contributed by atoms with Gasteiger partial charge in [0.1, 0.15) is 12.6 Å². The average Bonchev–Trinajstić information content (AvgIpc) is 2.96. The van der Waals surface area contributed by atoms with Crippen molar-refractivity contribution >= 4 is 20.4 Å². The molecule has 6 nitrogen and oxygen atoms in total. The molecular weight excluding hydrogens is 350 g/mol. The summed E-state index contributed by atoms with van der Waals surface area (Å²) in [5.74, 6) is -0.975. The van der Waals surface area contributed by atoms with Gasteiger partial charge in [-0.25, -0.2) is 9.59 Å². The molecule has 26 heavy (non-hydrogen) atoms. The van der Waals surface area contributed by atoms with Crippen molar-refractivity contribution in [3.63, 3.8) is 0 Å². The summed E-state index contributed by atoms with van der Waals surface area (Å²) >= 11 is 0. The van der Waals surface area contributed by atoms with Gasteiger partial charge < -0.3 is 14.6 Å². The highest BCUT2D eigenvalue weighted by Gasteiger charge is 2.46. The van der Waals surface area contributed by atoms with E-state index in [-0.39, 0.29) is 17.6 Å². The summed E-state index contributed by atoms with van der Waals surface area (Å²) in [6.07, 6.45) is 0.487. The Hall–Kier alpha value is -1.86. The standard InChI is InChI=1S/C19H29NO5Si/c1-19(2,26(3,4)24)11-15-10-16(17(21)22)20(12-15)18(23)25-13-14-8-6-5-7-9-14/h5-9,15-16,24H,10-13H2,1-4H3,(H,21,22)/t15-,16-/m0/s1. The van der Waals surface area contributed by atoms with Gasteiger partial charge in [0.25, 0.3) is 0 Å². The monoisotopic (exact) mass is 379 g/mol. The maximum Gasteiger partial charge on any atom is 0.410 e.